The van der Waals surface area contributed by atoms with Gasteiger partial charge in [-0.15, -0.1) is 0 Å². The van der Waals surface area contributed by atoms with Gasteiger partial charge < -0.3 is 5.32 Å². The predicted molar refractivity (Wildman–Crippen MR) is 160 cm³/mol. The van der Waals surface area contributed by atoms with Gasteiger partial charge in [0.25, 0.3) is 0 Å². The molecule has 0 atom stereocenters. The molecule has 0 unspecified atom stereocenters. The maximum atomic E-state index is 12.0. The molecule has 1 N–H and O–H groups in total. The molecule has 1 amide bonds. The lowest BCUT2D eigenvalue weighted by molar-refractivity contribution is -0.191. The summed E-state index contributed by atoms with van der Waals surface area (Å²) in [6.07, 6.45) is 33.1. The van der Waals surface area contributed by atoms with Crippen molar-refractivity contribution in [3.63, 3.8) is 0 Å². The normalized spacial score (nSPS) is 11.5. The third-order valence-corrected chi connectivity index (χ3v) is 7.23. The number of carbonyl (C=O) groups excluding carboxylic acids is 4. The van der Waals surface area contributed by atoms with Gasteiger partial charge in [0.2, 0.25) is 5.91 Å². The van der Waals surface area contributed by atoms with E-state index in [4.69, 9.17) is 9.59 Å². The van der Waals surface area contributed by atoms with Crippen LogP contribution >= 0.6 is 21.6 Å². The van der Waals surface area contributed by atoms with Crippen LogP contribution in [0.1, 0.15) is 90.9 Å². The molecular formula is C30H47NO4S2. The second-order valence-electron chi connectivity index (χ2n) is 8.07. The van der Waals surface area contributed by atoms with Crippen LogP contribution in [0.15, 0.2) is 60.8 Å². The van der Waals surface area contributed by atoms with Crippen LogP contribution in [0.3, 0.4) is 0 Å². The van der Waals surface area contributed by atoms with Crippen LogP contribution in [-0.4, -0.2) is 35.9 Å². The molecule has 5 nitrogen and oxygen atoms in total. The van der Waals surface area contributed by atoms with Crippen molar-refractivity contribution in [1.82, 2.24) is 5.32 Å². The highest BCUT2D eigenvalue weighted by Gasteiger charge is 2.02. The molecule has 0 rings (SSSR count). The van der Waals surface area contributed by atoms with E-state index in [0.29, 0.717) is 25.0 Å². The van der Waals surface area contributed by atoms with Crippen molar-refractivity contribution < 1.29 is 19.2 Å². The third-order valence-electron chi connectivity index (χ3n) is 4.74. The monoisotopic (exact) mass is 549 g/mol. The number of hydrogen-bond acceptors (Lipinski definition) is 6. The highest BCUT2D eigenvalue weighted by atomic mass is 33.1. The van der Waals surface area contributed by atoms with E-state index in [1.165, 1.54) is 0 Å². The summed E-state index contributed by atoms with van der Waals surface area (Å²) in [6.45, 7) is 4.89. The first kappa shape index (κ1) is 37.1. The average molecular weight is 550 g/mol. The van der Waals surface area contributed by atoms with E-state index < -0.39 is 0 Å². The van der Waals surface area contributed by atoms with Gasteiger partial charge in [-0.25, -0.2) is 0 Å². The van der Waals surface area contributed by atoms with E-state index in [2.05, 4.69) is 73.0 Å². The second-order valence-corrected chi connectivity index (χ2v) is 10.8. The molecule has 0 fully saturated rings. The fourth-order valence-corrected chi connectivity index (χ4v) is 4.90. The van der Waals surface area contributed by atoms with E-state index in [9.17, 15) is 9.59 Å². The molecule has 0 heterocycles. The minimum atomic E-state index is 0.142. The Morgan fingerprint density at radius 2 is 1.16 bits per heavy atom. The highest BCUT2D eigenvalue weighted by Crippen LogP contribution is 2.22. The van der Waals surface area contributed by atoms with Gasteiger partial charge in [0.1, 0.15) is 5.78 Å². The summed E-state index contributed by atoms with van der Waals surface area (Å²) < 4.78 is 0. The van der Waals surface area contributed by atoms with Crippen LogP contribution in [0.2, 0.25) is 0 Å². The van der Waals surface area contributed by atoms with Crippen molar-refractivity contribution in [1.29, 1.82) is 0 Å². The first-order valence-electron chi connectivity index (χ1n) is 13.4. The molecule has 0 aliphatic carbocycles. The Labute approximate surface area is 233 Å². The van der Waals surface area contributed by atoms with Gasteiger partial charge in [0.05, 0.1) is 0 Å². The summed E-state index contributed by atoms with van der Waals surface area (Å²) in [5.41, 5.74) is 0. The van der Waals surface area contributed by atoms with E-state index in [1.807, 2.05) is 6.92 Å². The Kier molecular flexibility index (Phi) is 34.0. The topological polar surface area (TPSA) is 80.3 Å². The van der Waals surface area contributed by atoms with Crippen LogP contribution < -0.4 is 5.32 Å². The molecule has 0 aliphatic heterocycles. The van der Waals surface area contributed by atoms with Crippen LogP contribution in [0.5, 0.6) is 0 Å². The molecule has 0 radical (unpaired) electrons. The van der Waals surface area contributed by atoms with E-state index >= 15 is 0 Å². The molecule has 0 aliphatic rings. The fourth-order valence-electron chi connectivity index (χ4n) is 2.90. The van der Waals surface area contributed by atoms with Gasteiger partial charge in [-0.1, -0.05) is 96.2 Å². The van der Waals surface area contributed by atoms with Crippen LogP contribution in [0, 0.1) is 0 Å². The first-order valence-corrected chi connectivity index (χ1v) is 15.9. The summed E-state index contributed by atoms with van der Waals surface area (Å²) in [7, 11) is 3.57. The van der Waals surface area contributed by atoms with Gasteiger partial charge in [0, 0.05) is 37.3 Å². The smallest absolute Gasteiger partial charge is 0.355 e. The number of Topliss-reactive ketones (excluding diaryl/α,β-unsaturated/α-hetero) is 1. The molecule has 208 valence electrons. The second kappa shape index (κ2) is 33.9. The summed E-state index contributed by atoms with van der Waals surface area (Å²) in [6, 6.07) is 0. The number of carbonyl (C=O) groups is 2. The quantitative estimate of drug-likeness (QED) is 0.0791. The molecule has 0 saturated carbocycles. The van der Waals surface area contributed by atoms with E-state index in [0.717, 1.165) is 75.8 Å². The predicted octanol–water partition coefficient (Wildman–Crippen LogP) is 7.97. The standard InChI is InChI=1S/C29H47NO2S2.CO2/c1-3-5-6-7-8-9-10-11-12-13-14-15-16-17-18-19-20-23-28(31)24-21-26-33-34-27-25-30-29(32)22-4-2;2-1-3/h5-6,8-9,11-12,14-15,17-18H,3-4,7,10,13,16,19-27H2,1-2H3,(H,30,32);/b6-5-,9-8-,12-11-,15-14-,18-17-;. The van der Waals surface area contributed by atoms with Crippen LogP contribution in [-0.2, 0) is 19.2 Å². The van der Waals surface area contributed by atoms with Crippen LogP contribution in [0.4, 0.5) is 0 Å². The number of amides is 1. The zero-order valence-corrected chi connectivity index (χ0v) is 24.5. The lowest BCUT2D eigenvalue weighted by Crippen LogP contribution is -2.24. The molecule has 0 saturated heterocycles. The Hall–Kier alpha value is -2.08. The van der Waals surface area contributed by atoms with Crippen molar-refractivity contribution in [3.05, 3.63) is 60.8 Å². The molecule has 0 aromatic carbocycles. The van der Waals surface area contributed by atoms with E-state index in [-0.39, 0.29) is 12.1 Å². The molecule has 0 bridgehead atoms. The molecule has 37 heavy (non-hydrogen) atoms. The lowest BCUT2D eigenvalue weighted by Gasteiger charge is -2.04. The van der Waals surface area contributed by atoms with Gasteiger partial charge in [-0.3, -0.25) is 9.59 Å². The highest BCUT2D eigenvalue weighted by molar-refractivity contribution is 8.76. The zero-order valence-electron chi connectivity index (χ0n) is 22.8. The Morgan fingerprint density at radius 1 is 0.676 bits per heavy atom. The van der Waals surface area contributed by atoms with E-state index in [1.54, 1.807) is 21.6 Å². The number of unbranched alkanes of at least 4 members (excludes halogenated alkanes) is 1. The van der Waals surface area contributed by atoms with Crippen molar-refractivity contribution >= 4 is 39.4 Å². The molecular weight excluding hydrogens is 502 g/mol. The Morgan fingerprint density at radius 3 is 1.70 bits per heavy atom. The maximum absolute atomic E-state index is 12.0. The average Bonchev–Trinajstić information content (AvgIpc) is 2.88. The minimum Gasteiger partial charge on any atom is -0.355 e. The number of allylic oxidation sites excluding steroid dienone is 10. The number of ketones is 1. The maximum Gasteiger partial charge on any atom is 0.373 e. The summed E-state index contributed by atoms with van der Waals surface area (Å²) >= 11 is 0. The van der Waals surface area contributed by atoms with Gasteiger partial charge >= 0.3 is 6.15 Å². The summed E-state index contributed by atoms with van der Waals surface area (Å²) in [5, 5.41) is 2.91. The van der Waals surface area contributed by atoms with Crippen molar-refractivity contribution in [2.24, 2.45) is 0 Å². The molecule has 0 aromatic rings. The lowest BCUT2D eigenvalue weighted by atomic mass is 10.1. The minimum absolute atomic E-state index is 0.142. The van der Waals surface area contributed by atoms with Crippen molar-refractivity contribution in [2.45, 2.75) is 90.9 Å². The first-order chi connectivity index (χ1) is 18.1. The van der Waals surface area contributed by atoms with Gasteiger partial charge in [-0.05, 0) is 57.8 Å². The van der Waals surface area contributed by atoms with Crippen LogP contribution in [0.25, 0.3) is 0 Å². The Balaban J connectivity index is 0. The Bertz CT molecular complexity index is 721. The third kappa shape index (κ3) is 36.1. The SMILES string of the molecule is CC/C=C\C/C=C\C/C=C\C/C=C\C/C=C\CCCC(=O)CCCSSCCNC(=O)CCC.O=C=O. The summed E-state index contributed by atoms with van der Waals surface area (Å²) in [4.78, 5) is 39.6. The van der Waals surface area contributed by atoms with Gasteiger partial charge in [0.15, 0.2) is 0 Å². The number of hydrogen-bond donors (Lipinski definition) is 1. The molecule has 0 aromatic heterocycles. The van der Waals surface area contributed by atoms with Crippen molar-refractivity contribution in [2.75, 3.05) is 18.1 Å². The number of nitrogens with one attached hydrogen (secondary N) is 1. The summed E-state index contributed by atoms with van der Waals surface area (Å²) in [5.74, 6) is 2.43. The molecule has 7 heteroatoms. The fraction of sp³-hybridized carbons (Fsp3) is 0.567. The zero-order chi connectivity index (χ0) is 27.7. The number of rotatable bonds is 23. The van der Waals surface area contributed by atoms with Crippen molar-refractivity contribution in [3.8, 4) is 0 Å². The molecule has 0 spiro atoms. The van der Waals surface area contributed by atoms with Gasteiger partial charge in [-0.2, -0.15) is 9.59 Å². The largest absolute Gasteiger partial charge is 0.373 e.